The van der Waals surface area contributed by atoms with E-state index < -0.39 is 0 Å². The number of nitrogens with zero attached hydrogens (tertiary/aromatic N) is 2. The molecular formula is C21H23FN2. The van der Waals surface area contributed by atoms with E-state index in [4.69, 9.17) is 0 Å². The van der Waals surface area contributed by atoms with Crippen molar-refractivity contribution in [3.05, 3.63) is 77.1 Å². The van der Waals surface area contributed by atoms with Gasteiger partial charge in [-0.05, 0) is 38.0 Å². The van der Waals surface area contributed by atoms with Crippen LogP contribution in [0, 0.1) is 12.7 Å². The highest BCUT2D eigenvalue weighted by molar-refractivity contribution is 6.32. The number of aliphatic imine (C=N–C) groups is 2. The molecule has 0 spiro atoms. The van der Waals surface area contributed by atoms with Crippen molar-refractivity contribution in [2.75, 3.05) is 13.6 Å². The Labute approximate surface area is 143 Å². The molecule has 0 amide bonds. The number of aryl methyl sites for hydroxylation is 1. The zero-order valence-corrected chi connectivity index (χ0v) is 14.7. The summed E-state index contributed by atoms with van der Waals surface area (Å²) in [7, 11) is 1.66. The standard InChI is InChI=1S/C21H23FN2/c1-6-24-16(4)18-12-8-7-11-17(18)15(3)21(23-5)19-13-9-10-14(2)20(19)22/h7-13H,3,6H2,1-2,4-5H3. The van der Waals surface area contributed by atoms with Gasteiger partial charge in [0, 0.05) is 36.0 Å². The maximum atomic E-state index is 14.5. The molecule has 2 nitrogen and oxygen atoms in total. The minimum absolute atomic E-state index is 0.254. The Bertz CT molecular complexity index is 816. The van der Waals surface area contributed by atoms with E-state index in [0.717, 1.165) is 16.8 Å². The Hall–Kier alpha value is -2.55. The van der Waals surface area contributed by atoms with Crippen molar-refractivity contribution in [2.45, 2.75) is 20.8 Å². The maximum Gasteiger partial charge on any atom is 0.135 e. The van der Waals surface area contributed by atoms with Crippen molar-refractivity contribution in [3.63, 3.8) is 0 Å². The van der Waals surface area contributed by atoms with Crippen LogP contribution >= 0.6 is 0 Å². The quantitative estimate of drug-likeness (QED) is 0.685. The van der Waals surface area contributed by atoms with Gasteiger partial charge in [0.25, 0.3) is 0 Å². The van der Waals surface area contributed by atoms with Gasteiger partial charge in [-0.15, -0.1) is 0 Å². The summed E-state index contributed by atoms with van der Waals surface area (Å²) in [5, 5.41) is 0. The van der Waals surface area contributed by atoms with Crippen LogP contribution in [0.4, 0.5) is 4.39 Å². The van der Waals surface area contributed by atoms with Gasteiger partial charge in [-0.3, -0.25) is 9.98 Å². The van der Waals surface area contributed by atoms with Crippen LogP contribution in [0.1, 0.15) is 36.1 Å². The third-order valence-corrected chi connectivity index (χ3v) is 3.99. The first kappa shape index (κ1) is 17.8. The number of benzene rings is 2. The number of hydrogen-bond donors (Lipinski definition) is 0. The molecule has 0 aliphatic rings. The van der Waals surface area contributed by atoms with Gasteiger partial charge in [-0.25, -0.2) is 4.39 Å². The van der Waals surface area contributed by atoms with Crippen LogP contribution in [0.5, 0.6) is 0 Å². The molecule has 0 saturated heterocycles. The molecule has 0 aromatic heterocycles. The minimum atomic E-state index is -0.254. The topological polar surface area (TPSA) is 24.7 Å². The van der Waals surface area contributed by atoms with Crippen LogP contribution in [0.3, 0.4) is 0 Å². The Morgan fingerprint density at radius 1 is 1.04 bits per heavy atom. The molecule has 0 aliphatic heterocycles. The summed E-state index contributed by atoms with van der Waals surface area (Å²) in [6, 6.07) is 13.2. The molecule has 124 valence electrons. The van der Waals surface area contributed by atoms with Gasteiger partial charge >= 0.3 is 0 Å². The monoisotopic (exact) mass is 322 g/mol. The molecule has 2 aromatic carbocycles. The summed E-state index contributed by atoms with van der Waals surface area (Å²) in [5.74, 6) is -0.254. The highest BCUT2D eigenvalue weighted by Gasteiger charge is 2.17. The summed E-state index contributed by atoms with van der Waals surface area (Å²) in [6.07, 6.45) is 0. The Balaban J connectivity index is 2.56. The van der Waals surface area contributed by atoms with E-state index in [1.54, 1.807) is 26.1 Å². The summed E-state index contributed by atoms with van der Waals surface area (Å²) >= 11 is 0. The Morgan fingerprint density at radius 3 is 2.29 bits per heavy atom. The molecule has 3 heteroatoms. The first-order valence-corrected chi connectivity index (χ1v) is 8.03. The summed E-state index contributed by atoms with van der Waals surface area (Å²) < 4.78 is 14.5. The summed E-state index contributed by atoms with van der Waals surface area (Å²) in [4.78, 5) is 8.81. The molecule has 2 aromatic rings. The predicted octanol–water partition coefficient (Wildman–Crippen LogP) is 5.10. The average Bonchev–Trinajstić information content (AvgIpc) is 2.59. The predicted molar refractivity (Wildman–Crippen MR) is 102 cm³/mol. The van der Waals surface area contributed by atoms with E-state index in [9.17, 15) is 4.39 Å². The zero-order valence-electron chi connectivity index (χ0n) is 14.7. The second-order valence-corrected chi connectivity index (χ2v) is 5.59. The lowest BCUT2D eigenvalue weighted by atomic mass is 9.91. The van der Waals surface area contributed by atoms with Gasteiger partial charge in [-0.1, -0.05) is 43.0 Å². The lowest BCUT2D eigenvalue weighted by Gasteiger charge is -2.15. The van der Waals surface area contributed by atoms with Crippen LogP contribution in [-0.4, -0.2) is 25.0 Å². The van der Waals surface area contributed by atoms with Gasteiger partial charge in [0.1, 0.15) is 5.82 Å². The van der Waals surface area contributed by atoms with Crippen LogP contribution in [0.2, 0.25) is 0 Å². The van der Waals surface area contributed by atoms with Crippen LogP contribution < -0.4 is 0 Å². The fourth-order valence-corrected chi connectivity index (χ4v) is 2.76. The van der Waals surface area contributed by atoms with E-state index in [0.29, 0.717) is 29.0 Å². The van der Waals surface area contributed by atoms with Crippen molar-refractivity contribution in [2.24, 2.45) is 9.98 Å². The van der Waals surface area contributed by atoms with Gasteiger partial charge in [0.15, 0.2) is 0 Å². The van der Waals surface area contributed by atoms with Crippen LogP contribution in [-0.2, 0) is 0 Å². The maximum absolute atomic E-state index is 14.5. The van der Waals surface area contributed by atoms with Crippen molar-refractivity contribution >= 4 is 17.0 Å². The molecule has 2 rings (SSSR count). The second kappa shape index (κ2) is 7.82. The molecular weight excluding hydrogens is 299 g/mol. The molecule has 0 fully saturated rings. The molecule has 0 radical (unpaired) electrons. The number of hydrogen-bond acceptors (Lipinski definition) is 2. The molecule has 0 heterocycles. The lowest BCUT2D eigenvalue weighted by molar-refractivity contribution is 0.616. The zero-order chi connectivity index (χ0) is 17.7. The normalized spacial score (nSPS) is 12.4. The van der Waals surface area contributed by atoms with Gasteiger partial charge < -0.3 is 0 Å². The SMILES string of the molecule is C=C(C(=NC)c1cccc(C)c1F)c1ccccc1C(C)=NCC. The summed E-state index contributed by atoms with van der Waals surface area (Å²) in [6.45, 7) is 10.6. The third-order valence-electron chi connectivity index (χ3n) is 3.99. The number of allylic oxidation sites excluding steroid dienone is 1. The smallest absolute Gasteiger partial charge is 0.135 e. The highest BCUT2D eigenvalue weighted by Crippen LogP contribution is 2.25. The molecule has 0 atom stereocenters. The fourth-order valence-electron chi connectivity index (χ4n) is 2.76. The van der Waals surface area contributed by atoms with E-state index in [-0.39, 0.29) is 5.82 Å². The van der Waals surface area contributed by atoms with Gasteiger partial charge in [0.2, 0.25) is 0 Å². The average molecular weight is 322 g/mol. The fraction of sp³-hybridized carbons (Fsp3) is 0.238. The van der Waals surface area contributed by atoms with E-state index in [2.05, 4.69) is 16.6 Å². The van der Waals surface area contributed by atoms with E-state index in [1.807, 2.05) is 44.2 Å². The molecule has 0 N–H and O–H groups in total. The first-order chi connectivity index (χ1) is 11.5. The number of rotatable bonds is 5. The van der Waals surface area contributed by atoms with Crippen molar-refractivity contribution in [1.82, 2.24) is 0 Å². The van der Waals surface area contributed by atoms with Crippen LogP contribution in [0.25, 0.3) is 5.57 Å². The van der Waals surface area contributed by atoms with E-state index >= 15 is 0 Å². The number of halogens is 1. The van der Waals surface area contributed by atoms with Crippen molar-refractivity contribution in [3.8, 4) is 0 Å². The van der Waals surface area contributed by atoms with Gasteiger partial charge in [0.05, 0.1) is 5.71 Å². The summed E-state index contributed by atoms with van der Waals surface area (Å²) in [5.41, 5.74) is 5.19. The van der Waals surface area contributed by atoms with E-state index in [1.165, 1.54) is 0 Å². The lowest BCUT2D eigenvalue weighted by Crippen LogP contribution is -2.10. The van der Waals surface area contributed by atoms with Crippen molar-refractivity contribution < 1.29 is 4.39 Å². The second-order valence-electron chi connectivity index (χ2n) is 5.59. The third kappa shape index (κ3) is 3.51. The molecule has 24 heavy (non-hydrogen) atoms. The van der Waals surface area contributed by atoms with Crippen molar-refractivity contribution in [1.29, 1.82) is 0 Å². The minimum Gasteiger partial charge on any atom is -0.290 e. The molecule has 0 bridgehead atoms. The Kier molecular flexibility index (Phi) is 5.80. The first-order valence-electron chi connectivity index (χ1n) is 8.03. The Morgan fingerprint density at radius 2 is 1.67 bits per heavy atom. The van der Waals surface area contributed by atoms with Gasteiger partial charge in [-0.2, -0.15) is 0 Å². The van der Waals surface area contributed by atoms with Crippen LogP contribution in [0.15, 0.2) is 59.0 Å². The largest absolute Gasteiger partial charge is 0.290 e. The molecule has 0 aliphatic carbocycles. The molecule has 0 saturated carbocycles. The molecule has 0 unspecified atom stereocenters. The highest BCUT2D eigenvalue weighted by atomic mass is 19.1.